The number of sulfonamides is 1. The highest BCUT2D eigenvalue weighted by Crippen LogP contribution is 2.23. The molecule has 0 spiro atoms. The minimum atomic E-state index is -3.40. The van der Waals surface area contributed by atoms with Gasteiger partial charge in [0, 0.05) is 38.1 Å². The summed E-state index contributed by atoms with van der Waals surface area (Å²) in [5, 5.41) is 10.0. The van der Waals surface area contributed by atoms with E-state index in [0.29, 0.717) is 31.1 Å². The van der Waals surface area contributed by atoms with E-state index >= 15 is 0 Å². The number of nitrogens with one attached hydrogen (secondary N) is 2. The molecule has 1 saturated heterocycles. The van der Waals surface area contributed by atoms with E-state index in [1.807, 2.05) is 18.2 Å². The van der Waals surface area contributed by atoms with E-state index in [1.54, 1.807) is 22.6 Å². The van der Waals surface area contributed by atoms with Crippen molar-refractivity contribution >= 4 is 10.0 Å². The van der Waals surface area contributed by atoms with Crippen molar-refractivity contribution < 1.29 is 8.42 Å². The van der Waals surface area contributed by atoms with Gasteiger partial charge in [0.25, 0.3) is 0 Å². The molecule has 1 fully saturated rings. The SMILES string of the molecule is O=S(=O)(c1ccccc1CNCc1ccn[nH]1)N1CCCCC1. The van der Waals surface area contributed by atoms with Crippen LogP contribution in [0.2, 0.25) is 0 Å². The van der Waals surface area contributed by atoms with Gasteiger partial charge in [0.15, 0.2) is 0 Å². The molecule has 1 aromatic heterocycles. The van der Waals surface area contributed by atoms with Gasteiger partial charge in [-0.2, -0.15) is 9.40 Å². The molecule has 0 amide bonds. The van der Waals surface area contributed by atoms with Crippen LogP contribution in [0.25, 0.3) is 0 Å². The number of hydrogen-bond acceptors (Lipinski definition) is 4. The Morgan fingerprint density at radius 2 is 1.87 bits per heavy atom. The molecule has 3 rings (SSSR count). The average Bonchev–Trinajstić information content (AvgIpc) is 3.09. The van der Waals surface area contributed by atoms with Crippen LogP contribution < -0.4 is 5.32 Å². The van der Waals surface area contributed by atoms with E-state index in [0.717, 1.165) is 30.5 Å². The standard InChI is InChI=1S/C16H22N4O2S/c21-23(22,20-10-4-1-5-11-20)16-7-3-2-6-14(16)12-17-13-15-8-9-18-19-15/h2-3,6-9,17H,1,4-5,10-13H2,(H,18,19). The molecule has 2 N–H and O–H groups in total. The minimum Gasteiger partial charge on any atom is -0.307 e. The summed E-state index contributed by atoms with van der Waals surface area (Å²) in [7, 11) is -3.40. The molecule has 0 radical (unpaired) electrons. The van der Waals surface area contributed by atoms with E-state index in [4.69, 9.17) is 0 Å². The summed E-state index contributed by atoms with van der Waals surface area (Å²) in [5.41, 5.74) is 1.78. The summed E-state index contributed by atoms with van der Waals surface area (Å²) >= 11 is 0. The summed E-state index contributed by atoms with van der Waals surface area (Å²) in [6, 6.07) is 9.13. The number of hydrogen-bond donors (Lipinski definition) is 2. The maximum absolute atomic E-state index is 12.9. The van der Waals surface area contributed by atoms with Crippen molar-refractivity contribution in [2.75, 3.05) is 13.1 Å². The Bertz CT molecular complexity index is 722. The van der Waals surface area contributed by atoms with E-state index in [-0.39, 0.29) is 0 Å². The third-order valence-corrected chi connectivity index (χ3v) is 6.09. The lowest BCUT2D eigenvalue weighted by Gasteiger charge is -2.26. The summed E-state index contributed by atoms with van der Waals surface area (Å²) in [4.78, 5) is 0.416. The highest BCUT2D eigenvalue weighted by molar-refractivity contribution is 7.89. The molecular formula is C16H22N4O2S. The van der Waals surface area contributed by atoms with Gasteiger partial charge >= 0.3 is 0 Å². The van der Waals surface area contributed by atoms with Crippen molar-refractivity contribution in [3.8, 4) is 0 Å². The number of rotatable bonds is 6. The zero-order valence-electron chi connectivity index (χ0n) is 13.0. The number of nitrogens with zero attached hydrogens (tertiary/aromatic N) is 2. The number of piperidine rings is 1. The van der Waals surface area contributed by atoms with E-state index in [2.05, 4.69) is 15.5 Å². The van der Waals surface area contributed by atoms with Crippen molar-refractivity contribution in [1.82, 2.24) is 19.8 Å². The number of benzene rings is 1. The van der Waals surface area contributed by atoms with Crippen molar-refractivity contribution in [2.24, 2.45) is 0 Å². The van der Waals surface area contributed by atoms with Gasteiger partial charge in [-0.1, -0.05) is 24.6 Å². The molecule has 0 unspecified atom stereocenters. The molecule has 0 bridgehead atoms. The Hall–Kier alpha value is -1.70. The van der Waals surface area contributed by atoms with E-state index in [1.165, 1.54) is 0 Å². The maximum Gasteiger partial charge on any atom is 0.243 e. The second-order valence-electron chi connectivity index (χ2n) is 5.76. The molecule has 7 heteroatoms. The zero-order valence-corrected chi connectivity index (χ0v) is 13.8. The lowest BCUT2D eigenvalue weighted by Crippen LogP contribution is -2.36. The molecule has 0 atom stereocenters. The smallest absolute Gasteiger partial charge is 0.243 e. The topological polar surface area (TPSA) is 78.1 Å². The normalized spacial score (nSPS) is 16.5. The van der Waals surface area contributed by atoms with Crippen LogP contribution in [0.15, 0.2) is 41.4 Å². The summed E-state index contributed by atoms with van der Waals surface area (Å²) < 4.78 is 27.4. The van der Waals surface area contributed by atoms with Crippen LogP contribution in [0.3, 0.4) is 0 Å². The fraction of sp³-hybridized carbons (Fsp3) is 0.438. The Balaban J connectivity index is 1.74. The first-order valence-corrected chi connectivity index (χ1v) is 9.39. The zero-order chi connectivity index (χ0) is 16.1. The quantitative estimate of drug-likeness (QED) is 0.845. The van der Waals surface area contributed by atoms with Crippen molar-refractivity contribution in [3.05, 3.63) is 47.8 Å². The van der Waals surface area contributed by atoms with Crippen LogP contribution in [0.5, 0.6) is 0 Å². The van der Waals surface area contributed by atoms with Gasteiger partial charge < -0.3 is 5.32 Å². The minimum absolute atomic E-state index is 0.416. The molecule has 0 saturated carbocycles. The van der Waals surface area contributed by atoms with Crippen LogP contribution in [-0.2, 0) is 23.1 Å². The molecule has 23 heavy (non-hydrogen) atoms. The van der Waals surface area contributed by atoms with Gasteiger partial charge in [-0.15, -0.1) is 0 Å². The number of H-pyrrole nitrogens is 1. The fourth-order valence-corrected chi connectivity index (χ4v) is 4.60. The van der Waals surface area contributed by atoms with Gasteiger partial charge in [-0.05, 0) is 30.5 Å². The van der Waals surface area contributed by atoms with Crippen molar-refractivity contribution in [1.29, 1.82) is 0 Å². The molecule has 124 valence electrons. The third-order valence-electron chi connectivity index (χ3n) is 4.09. The van der Waals surface area contributed by atoms with Gasteiger partial charge in [0.05, 0.1) is 4.90 Å². The first-order valence-electron chi connectivity index (χ1n) is 7.95. The largest absolute Gasteiger partial charge is 0.307 e. The van der Waals surface area contributed by atoms with Crippen LogP contribution >= 0.6 is 0 Å². The van der Waals surface area contributed by atoms with Crippen molar-refractivity contribution in [3.63, 3.8) is 0 Å². The van der Waals surface area contributed by atoms with E-state index < -0.39 is 10.0 Å². The average molecular weight is 334 g/mol. The summed E-state index contributed by atoms with van der Waals surface area (Å²) in [6.07, 6.45) is 4.70. The molecule has 2 heterocycles. The summed E-state index contributed by atoms with van der Waals surface area (Å²) in [5.74, 6) is 0. The lowest BCUT2D eigenvalue weighted by atomic mass is 10.2. The van der Waals surface area contributed by atoms with Crippen LogP contribution in [-0.4, -0.2) is 36.0 Å². The highest BCUT2D eigenvalue weighted by atomic mass is 32.2. The molecule has 2 aromatic rings. The predicted molar refractivity (Wildman–Crippen MR) is 88.2 cm³/mol. The third kappa shape index (κ3) is 3.80. The first kappa shape index (κ1) is 16.2. The van der Waals surface area contributed by atoms with Gasteiger partial charge in [-0.25, -0.2) is 8.42 Å². The maximum atomic E-state index is 12.9. The number of aromatic nitrogens is 2. The Morgan fingerprint density at radius 3 is 2.61 bits per heavy atom. The Morgan fingerprint density at radius 1 is 1.09 bits per heavy atom. The molecule has 0 aliphatic carbocycles. The second kappa shape index (κ2) is 7.25. The van der Waals surface area contributed by atoms with Crippen LogP contribution in [0, 0.1) is 0 Å². The van der Waals surface area contributed by atoms with Gasteiger partial charge in [-0.3, -0.25) is 5.10 Å². The fourth-order valence-electron chi connectivity index (χ4n) is 2.86. The van der Waals surface area contributed by atoms with Gasteiger partial charge in [0.1, 0.15) is 0 Å². The van der Waals surface area contributed by atoms with E-state index in [9.17, 15) is 8.42 Å². The molecule has 1 aliphatic heterocycles. The Kier molecular flexibility index (Phi) is 5.09. The lowest BCUT2D eigenvalue weighted by molar-refractivity contribution is 0.346. The van der Waals surface area contributed by atoms with Crippen molar-refractivity contribution in [2.45, 2.75) is 37.2 Å². The first-order chi connectivity index (χ1) is 11.2. The Labute approximate surface area is 137 Å². The number of aromatic amines is 1. The monoisotopic (exact) mass is 334 g/mol. The molecule has 1 aliphatic rings. The molecule has 6 nitrogen and oxygen atoms in total. The second-order valence-corrected chi connectivity index (χ2v) is 7.66. The van der Waals surface area contributed by atoms with Crippen LogP contribution in [0.4, 0.5) is 0 Å². The molecule has 1 aromatic carbocycles. The highest BCUT2D eigenvalue weighted by Gasteiger charge is 2.27. The summed E-state index contributed by atoms with van der Waals surface area (Å²) in [6.45, 7) is 2.37. The van der Waals surface area contributed by atoms with Crippen LogP contribution in [0.1, 0.15) is 30.5 Å². The van der Waals surface area contributed by atoms with Gasteiger partial charge in [0.2, 0.25) is 10.0 Å². The molecular weight excluding hydrogens is 312 g/mol. The predicted octanol–water partition coefficient (Wildman–Crippen LogP) is 1.87.